The molecule has 1 N–H and O–H groups in total. The third kappa shape index (κ3) is 3.74. The number of benzene rings is 1. The van der Waals surface area contributed by atoms with Crippen molar-refractivity contribution in [2.75, 3.05) is 0 Å². The number of aliphatic hydroxyl groups is 1. The highest BCUT2D eigenvalue weighted by Crippen LogP contribution is 2.26. The standard InChI is InChI=1S/C14H16Cl2O/c15-13-6-5-11(9-14(13)16)7-10-3-1-2-4-12(17)8-10/h5-6,8-9,12,17H,1-4,7H2. The van der Waals surface area contributed by atoms with Crippen molar-refractivity contribution in [1.82, 2.24) is 0 Å². The van der Waals surface area contributed by atoms with E-state index in [0.717, 1.165) is 37.7 Å². The molecule has 0 aliphatic heterocycles. The van der Waals surface area contributed by atoms with Crippen LogP contribution in [-0.2, 0) is 6.42 Å². The van der Waals surface area contributed by atoms with E-state index < -0.39 is 0 Å². The lowest BCUT2D eigenvalue weighted by Gasteiger charge is -2.07. The van der Waals surface area contributed by atoms with Gasteiger partial charge >= 0.3 is 0 Å². The van der Waals surface area contributed by atoms with Crippen molar-refractivity contribution in [1.29, 1.82) is 0 Å². The third-order valence-electron chi connectivity index (χ3n) is 3.09. The molecule has 3 heteroatoms. The number of allylic oxidation sites excluding steroid dienone is 1. The monoisotopic (exact) mass is 270 g/mol. The topological polar surface area (TPSA) is 20.2 Å². The number of aliphatic hydroxyl groups excluding tert-OH is 1. The van der Waals surface area contributed by atoms with E-state index in [4.69, 9.17) is 23.2 Å². The summed E-state index contributed by atoms with van der Waals surface area (Å²) in [5.41, 5.74) is 2.45. The zero-order valence-corrected chi connectivity index (χ0v) is 11.1. The van der Waals surface area contributed by atoms with Gasteiger partial charge in [0, 0.05) is 0 Å². The molecule has 0 radical (unpaired) electrons. The van der Waals surface area contributed by atoms with Crippen LogP contribution in [0.5, 0.6) is 0 Å². The Balaban J connectivity index is 2.11. The molecule has 17 heavy (non-hydrogen) atoms. The molecule has 1 nitrogen and oxygen atoms in total. The zero-order valence-electron chi connectivity index (χ0n) is 9.63. The summed E-state index contributed by atoms with van der Waals surface area (Å²) in [7, 11) is 0. The predicted octanol–water partition coefficient (Wildman–Crippen LogP) is 4.40. The second kappa shape index (κ2) is 5.90. The number of hydrogen-bond acceptors (Lipinski definition) is 1. The summed E-state index contributed by atoms with van der Waals surface area (Å²) in [6.45, 7) is 0. The van der Waals surface area contributed by atoms with Crippen LogP contribution in [0.25, 0.3) is 0 Å². The lowest BCUT2D eigenvalue weighted by atomic mass is 10.0. The van der Waals surface area contributed by atoms with Crippen LogP contribution in [0, 0.1) is 0 Å². The molecular weight excluding hydrogens is 255 g/mol. The molecule has 1 aliphatic carbocycles. The van der Waals surface area contributed by atoms with Gasteiger partial charge in [-0.15, -0.1) is 0 Å². The molecule has 0 aromatic heterocycles. The molecule has 92 valence electrons. The van der Waals surface area contributed by atoms with Crippen LogP contribution in [0.1, 0.15) is 31.2 Å². The first-order valence-electron chi connectivity index (χ1n) is 5.97. The average molecular weight is 271 g/mol. The van der Waals surface area contributed by atoms with E-state index in [0.29, 0.717) is 10.0 Å². The SMILES string of the molecule is OC1C=C(Cc2ccc(Cl)c(Cl)c2)CCCC1. The molecular formula is C14H16Cl2O. The van der Waals surface area contributed by atoms with Gasteiger partial charge in [0.25, 0.3) is 0 Å². The maximum Gasteiger partial charge on any atom is 0.0723 e. The van der Waals surface area contributed by atoms with Gasteiger partial charge in [0.2, 0.25) is 0 Å². The summed E-state index contributed by atoms with van der Waals surface area (Å²) in [6, 6.07) is 5.72. The Morgan fingerprint density at radius 3 is 2.76 bits per heavy atom. The van der Waals surface area contributed by atoms with E-state index in [2.05, 4.69) is 0 Å². The highest BCUT2D eigenvalue weighted by Gasteiger charge is 2.10. The lowest BCUT2D eigenvalue weighted by Crippen LogP contribution is -2.01. The van der Waals surface area contributed by atoms with Crippen LogP contribution in [0.2, 0.25) is 10.0 Å². The molecule has 1 unspecified atom stereocenters. The Morgan fingerprint density at radius 2 is 2.00 bits per heavy atom. The van der Waals surface area contributed by atoms with Crippen LogP contribution >= 0.6 is 23.2 Å². The summed E-state index contributed by atoms with van der Waals surface area (Å²) >= 11 is 11.9. The van der Waals surface area contributed by atoms with Crippen LogP contribution in [0.4, 0.5) is 0 Å². The Labute approximate surface area is 112 Å². The fraction of sp³-hybridized carbons (Fsp3) is 0.429. The first-order chi connectivity index (χ1) is 8.15. The van der Waals surface area contributed by atoms with Crippen molar-refractivity contribution < 1.29 is 5.11 Å². The van der Waals surface area contributed by atoms with Crippen molar-refractivity contribution in [2.45, 2.75) is 38.2 Å². The van der Waals surface area contributed by atoms with Crippen molar-refractivity contribution in [3.05, 3.63) is 45.5 Å². The predicted molar refractivity (Wildman–Crippen MR) is 72.7 cm³/mol. The highest BCUT2D eigenvalue weighted by molar-refractivity contribution is 6.42. The van der Waals surface area contributed by atoms with Gasteiger partial charge in [-0.25, -0.2) is 0 Å². The van der Waals surface area contributed by atoms with Gasteiger partial charge < -0.3 is 5.11 Å². The van der Waals surface area contributed by atoms with E-state index in [1.807, 2.05) is 24.3 Å². The Bertz CT molecular complexity index is 426. The summed E-state index contributed by atoms with van der Waals surface area (Å²) in [5.74, 6) is 0. The molecule has 2 rings (SSSR count). The highest BCUT2D eigenvalue weighted by atomic mass is 35.5. The largest absolute Gasteiger partial charge is 0.389 e. The number of halogens is 2. The van der Waals surface area contributed by atoms with Crippen molar-refractivity contribution in [3.63, 3.8) is 0 Å². The van der Waals surface area contributed by atoms with Crippen molar-refractivity contribution in [3.8, 4) is 0 Å². The van der Waals surface area contributed by atoms with Gasteiger partial charge in [-0.3, -0.25) is 0 Å². The van der Waals surface area contributed by atoms with Crippen LogP contribution in [0.15, 0.2) is 29.8 Å². The van der Waals surface area contributed by atoms with Crippen LogP contribution in [0.3, 0.4) is 0 Å². The van der Waals surface area contributed by atoms with Crippen molar-refractivity contribution >= 4 is 23.2 Å². The normalized spacial score (nSPS) is 20.9. The minimum absolute atomic E-state index is 0.282. The van der Waals surface area contributed by atoms with E-state index >= 15 is 0 Å². The first kappa shape index (κ1) is 12.9. The van der Waals surface area contributed by atoms with Gasteiger partial charge in [0.1, 0.15) is 0 Å². The van der Waals surface area contributed by atoms with Crippen LogP contribution in [-0.4, -0.2) is 11.2 Å². The van der Waals surface area contributed by atoms with E-state index in [9.17, 15) is 5.11 Å². The molecule has 0 fully saturated rings. The second-order valence-corrected chi connectivity index (χ2v) is 5.38. The summed E-state index contributed by atoms with van der Waals surface area (Å²) < 4.78 is 0. The Morgan fingerprint density at radius 1 is 1.18 bits per heavy atom. The Hall–Kier alpha value is -0.500. The van der Waals surface area contributed by atoms with Gasteiger partial charge in [-0.2, -0.15) is 0 Å². The van der Waals surface area contributed by atoms with Gasteiger partial charge in [0.15, 0.2) is 0 Å². The molecule has 1 atom stereocenters. The summed E-state index contributed by atoms with van der Waals surface area (Å²) in [4.78, 5) is 0. The molecule has 0 saturated carbocycles. The maximum absolute atomic E-state index is 9.71. The quantitative estimate of drug-likeness (QED) is 0.790. The Kier molecular flexibility index (Phi) is 4.49. The zero-order chi connectivity index (χ0) is 12.3. The molecule has 1 aromatic carbocycles. The molecule has 0 saturated heterocycles. The van der Waals surface area contributed by atoms with Gasteiger partial charge in [-0.1, -0.05) is 47.3 Å². The van der Waals surface area contributed by atoms with E-state index in [1.54, 1.807) is 0 Å². The maximum atomic E-state index is 9.71. The average Bonchev–Trinajstić information content (AvgIpc) is 2.48. The smallest absolute Gasteiger partial charge is 0.0723 e. The van der Waals surface area contributed by atoms with E-state index in [1.165, 1.54) is 5.57 Å². The first-order valence-corrected chi connectivity index (χ1v) is 6.72. The molecule has 1 aromatic rings. The minimum atomic E-state index is -0.282. The molecule has 1 aliphatic rings. The second-order valence-electron chi connectivity index (χ2n) is 4.56. The molecule has 0 bridgehead atoms. The lowest BCUT2D eigenvalue weighted by molar-refractivity contribution is 0.211. The third-order valence-corrected chi connectivity index (χ3v) is 3.83. The summed E-state index contributed by atoms with van der Waals surface area (Å²) in [5, 5.41) is 10.9. The fourth-order valence-corrected chi connectivity index (χ4v) is 2.52. The molecule has 0 amide bonds. The van der Waals surface area contributed by atoms with Crippen LogP contribution < -0.4 is 0 Å². The van der Waals surface area contributed by atoms with Gasteiger partial charge in [0.05, 0.1) is 16.1 Å². The minimum Gasteiger partial charge on any atom is -0.389 e. The van der Waals surface area contributed by atoms with Crippen molar-refractivity contribution in [2.24, 2.45) is 0 Å². The van der Waals surface area contributed by atoms with Gasteiger partial charge in [-0.05, 0) is 43.4 Å². The fourth-order valence-electron chi connectivity index (χ4n) is 2.20. The molecule has 0 spiro atoms. The summed E-state index contributed by atoms with van der Waals surface area (Å²) in [6.07, 6.45) is 6.77. The number of rotatable bonds is 2. The van der Waals surface area contributed by atoms with E-state index in [-0.39, 0.29) is 6.10 Å². The number of hydrogen-bond donors (Lipinski definition) is 1. The molecule has 0 heterocycles.